The SMILES string of the molecule is Cc1ccc(Cl)c(NCC(=O)NC(C)(C)C)c1. The third-order valence-corrected chi connectivity index (χ3v) is 2.41. The Morgan fingerprint density at radius 2 is 2.00 bits per heavy atom. The zero-order valence-corrected chi connectivity index (χ0v) is 11.5. The van der Waals surface area contributed by atoms with E-state index in [-0.39, 0.29) is 18.0 Å². The molecular weight excluding hydrogens is 236 g/mol. The molecule has 0 heterocycles. The lowest BCUT2D eigenvalue weighted by Gasteiger charge is -2.21. The largest absolute Gasteiger partial charge is 0.375 e. The highest BCUT2D eigenvalue weighted by molar-refractivity contribution is 6.33. The van der Waals surface area contributed by atoms with Crippen molar-refractivity contribution in [2.45, 2.75) is 33.2 Å². The average molecular weight is 255 g/mol. The fourth-order valence-corrected chi connectivity index (χ4v) is 1.60. The van der Waals surface area contributed by atoms with Gasteiger partial charge in [-0.2, -0.15) is 0 Å². The van der Waals surface area contributed by atoms with Gasteiger partial charge in [-0.25, -0.2) is 0 Å². The van der Waals surface area contributed by atoms with E-state index in [4.69, 9.17) is 11.6 Å². The van der Waals surface area contributed by atoms with Gasteiger partial charge >= 0.3 is 0 Å². The van der Waals surface area contributed by atoms with Crippen molar-refractivity contribution in [3.63, 3.8) is 0 Å². The van der Waals surface area contributed by atoms with E-state index in [0.29, 0.717) is 5.02 Å². The number of hydrogen-bond acceptors (Lipinski definition) is 2. The van der Waals surface area contributed by atoms with E-state index in [2.05, 4.69) is 10.6 Å². The van der Waals surface area contributed by atoms with Gasteiger partial charge in [0.05, 0.1) is 17.3 Å². The van der Waals surface area contributed by atoms with Crippen LogP contribution in [0.25, 0.3) is 0 Å². The van der Waals surface area contributed by atoms with E-state index in [9.17, 15) is 4.79 Å². The van der Waals surface area contributed by atoms with Gasteiger partial charge in [-0.1, -0.05) is 17.7 Å². The second-order valence-electron chi connectivity index (χ2n) is 5.14. The maximum Gasteiger partial charge on any atom is 0.239 e. The number of hydrogen-bond donors (Lipinski definition) is 2. The van der Waals surface area contributed by atoms with Gasteiger partial charge in [0.1, 0.15) is 0 Å². The van der Waals surface area contributed by atoms with Crippen molar-refractivity contribution in [2.24, 2.45) is 0 Å². The molecular formula is C13H19ClN2O. The summed E-state index contributed by atoms with van der Waals surface area (Å²) in [5.41, 5.74) is 1.68. The molecule has 0 saturated carbocycles. The van der Waals surface area contributed by atoms with E-state index in [0.717, 1.165) is 11.3 Å². The summed E-state index contributed by atoms with van der Waals surface area (Å²) < 4.78 is 0. The Hall–Kier alpha value is -1.22. The molecule has 94 valence electrons. The van der Waals surface area contributed by atoms with Gasteiger partial charge in [-0.3, -0.25) is 4.79 Å². The molecule has 1 rings (SSSR count). The molecule has 0 saturated heterocycles. The first-order chi connectivity index (χ1) is 7.78. The lowest BCUT2D eigenvalue weighted by atomic mass is 10.1. The summed E-state index contributed by atoms with van der Waals surface area (Å²) in [7, 11) is 0. The fraction of sp³-hybridized carbons (Fsp3) is 0.462. The van der Waals surface area contributed by atoms with Crippen LogP contribution in [0, 0.1) is 6.92 Å². The number of aryl methyl sites for hydroxylation is 1. The maximum atomic E-state index is 11.6. The Morgan fingerprint density at radius 3 is 2.59 bits per heavy atom. The highest BCUT2D eigenvalue weighted by Gasteiger charge is 2.13. The first kappa shape index (κ1) is 13.8. The van der Waals surface area contributed by atoms with E-state index in [1.807, 2.05) is 45.9 Å². The predicted octanol–water partition coefficient (Wildman–Crippen LogP) is 2.98. The molecule has 1 amide bonds. The molecule has 0 radical (unpaired) electrons. The minimum Gasteiger partial charge on any atom is -0.375 e. The molecule has 17 heavy (non-hydrogen) atoms. The van der Waals surface area contributed by atoms with Gasteiger partial charge in [0.2, 0.25) is 5.91 Å². The van der Waals surface area contributed by atoms with Crippen molar-refractivity contribution in [3.8, 4) is 0 Å². The van der Waals surface area contributed by atoms with Crippen molar-refractivity contribution < 1.29 is 4.79 Å². The summed E-state index contributed by atoms with van der Waals surface area (Å²) in [6, 6.07) is 5.68. The highest BCUT2D eigenvalue weighted by Crippen LogP contribution is 2.22. The predicted molar refractivity (Wildman–Crippen MR) is 72.6 cm³/mol. The molecule has 1 aromatic rings. The molecule has 0 atom stereocenters. The summed E-state index contributed by atoms with van der Waals surface area (Å²) in [5.74, 6) is -0.0462. The number of carbonyl (C=O) groups excluding carboxylic acids is 1. The Balaban J connectivity index is 2.56. The van der Waals surface area contributed by atoms with Crippen LogP contribution in [0.1, 0.15) is 26.3 Å². The van der Waals surface area contributed by atoms with Crippen LogP contribution < -0.4 is 10.6 Å². The third kappa shape index (κ3) is 5.09. The van der Waals surface area contributed by atoms with Gasteiger partial charge < -0.3 is 10.6 Å². The normalized spacial score (nSPS) is 11.1. The number of anilines is 1. The topological polar surface area (TPSA) is 41.1 Å². The van der Waals surface area contributed by atoms with Crippen molar-refractivity contribution in [1.29, 1.82) is 0 Å². The van der Waals surface area contributed by atoms with Crippen molar-refractivity contribution >= 4 is 23.2 Å². The van der Waals surface area contributed by atoms with Gasteiger partial charge in [-0.05, 0) is 45.4 Å². The summed E-state index contributed by atoms with van der Waals surface area (Å²) in [4.78, 5) is 11.6. The number of carbonyl (C=O) groups is 1. The molecule has 1 aromatic carbocycles. The van der Waals surface area contributed by atoms with Crippen LogP contribution in [0.3, 0.4) is 0 Å². The van der Waals surface area contributed by atoms with Gasteiger partial charge in [-0.15, -0.1) is 0 Å². The third-order valence-electron chi connectivity index (χ3n) is 2.08. The summed E-state index contributed by atoms with van der Waals surface area (Å²) >= 11 is 6.02. The Labute approximate surface area is 108 Å². The van der Waals surface area contributed by atoms with E-state index >= 15 is 0 Å². The van der Waals surface area contributed by atoms with Crippen LogP contribution in [-0.4, -0.2) is 18.0 Å². The molecule has 0 fully saturated rings. The fourth-order valence-electron chi connectivity index (χ4n) is 1.41. The van der Waals surface area contributed by atoms with Crippen LogP contribution in [0.2, 0.25) is 5.02 Å². The second-order valence-corrected chi connectivity index (χ2v) is 5.54. The number of amides is 1. The maximum absolute atomic E-state index is 11.6. The second kappa shape index (κ2) is 5.41. The van der Waals surface area contributed by atoms with Gasteiger partial charge in [0.15, 0.2) is 0 Å². The molecule has 0 aliphatic rings. The first-order valence-electron chi connectivity index (χ1n) is 5.59. The highest BCUT2D eigenvalue weighted by atomic mass is 35.5. The first-order valence-corrected chi connectivity index (χ1v) is 5.97. The molecule has 0 bridgehead atoms. The zero-order chi connectivity index (χ0) is 13.1. The lowest BCUT2D eigenvalue weighted by molar-refractivity contribution is -0.120. The van der Waals surface area contributed by atoms with Crippen LogP contribution in [-0.2, 0) is 4.79 Å². The number of rotatable bonds is 3. The molecule has 0 unspecified atom stereocenters. The minimum atomic E-state index is -0.213. The Morgan fingerprint density at radius 1 is 1.35 bits per heavy atom. The minimum absolute atomic E-state index is 0.0462. The molecule has 4 heteroatoms. The summed E-state index contributed by atoms with van der Waals surface area (Å²) in [5, 5.41) is 6.54. The summed E-state index contributed by atoms with van der Waals surface area (Å²) in [6.07, 6.45) is 0. The van der Waals surface area contributed by atoms with E-state index in [1.165, 1.54) is 0 Å². The monoisotopic (exact) mass is 254 g/mol. The van der Waals surface area contributed by atoms with Crippen molar-refractivity contribution in [3.05, 3.63) is 28.8 Å². The van der Waals surface area contributed by atoms with Gasteiger partial charge in [0.25, 0.3) is 0 Å². The van der Waals surface area contributed by atoms with Crippen molar-refractivity contribution in [2.75, 3.05) is 11.9 Å². The van der Waals surface area contributed by atoms with Crippen LogP contribution in [0.4, 0.5) is 5.69 Å². The van der Waals surface area contributed by atoms with E-state index in [1.54, 1.807) is 0 Å². The van der Waals surface area contributed by atoms with E-state index < -0.39 is 0 Å². The molecule has 0 spiro atoms. The average Bonchev–Trinajstić information content (AvgIpc) is 2.17. The molecule has 0 aromatic heterocycles. The standard InChI is InChI=1S/C13H19ClN2O/c1-9-5-6-10(14)11(7-9)15-8-12(17)16-13(2,3)4/h5-7,15H,8H2,1-4H3,(H,16,17). The summed E-state index contributed by atoms with van der Waals surface area (Å²) in [6.45, 7) is 8.05. The van der Waals surface area contributed by atoms with Crippen LogP contribution in [0.5, 0.6) is 0 Å². The molecule has 3 nitrogen and oxygen atoms in total. The molecule has 0 aliphatic heterocycles. The van der Waals surface area contributed by atoms with Gasteiger partial charge in [0, 0.05) is 5.54 Å². The quantitative estimate of drug-likeness (QED) is 0.871. The Kier molecular flexibility index (Phi) is 4.40. The smallest absolute Gasteiger partial charge is 0.239 e. The Bertz CT molecular complexity index is 410. The van der Waals surface area contributed by atoms with Crippen molar-refractivity contribution in [1.82, 2.24) is 5.32 Å². The zero-order valence-electron chi connectivity index (χ0n) is 10.7. The molecule has 2 N–H and O–H groups in total. The number of benzene rings is 1. The van der Waals surface area contributed by atoms with Crippen LogP contribution >= 0.6 is 11.6 Å². The number of halogens is 1. The lowest BCUT2D eigenvalue weighted by Crippen LogP contribution is -2.43. The molecule has 0 aliphatic carbocycles. The van der Waals surface area contributed by atoms with Crippen LogP contribution in [0.15, 0.2) is 18.2 Å². The number of nitrogens with one attached hydrogen (secondary N) is 2.